The predicted octanol–water partition coefficient (Wildman–Crippen LogP) is 4.11. The Hall–Kier alpha value is -4.31. The van der Waals surface area contributed by atoms with E-state index in [1.807, 2.05) is 79.7 Å². The maximum atomic E-state index is 12.9. The number of aromatic nitrogens is 2. The van der Waals surface area contributed by atoms with E-state index in [2.05, 4.69) is 11.4 Å². The first-order valence-corrected chi connectivity index (χ1v) is 10.7. The number of rotatable bonds is 8. The molecule has 3 aromatic carbocycles. The molecule has 166 valence electrons. The number of hydrogen-bond acceptors (Lipinski definition) is 4. The van der Waals surface area contributed by atoms with E-state index >= 15 is 0 Å². The van der Waals surface area contributed by atoms with Gasteiger partial charge in [-0.15, -0.1) is 0 Å². The van der Waals surface area contributed by atoms with Crippen LogP contribution in [0, 0.1) is 11.3 Å². The summed E-state index contributed by atoms with van der Waals surface area (Å²) < 4.78 is 9.02. The lowest BCUT2D eigenvalue weighted by Gasteiger charge is -2.13. The molecule has 0 spiro atoms. The fourth-order valence-electron chi connectivity index (χ4n) is 3.79. The van der Waals surface area contributed by atoms with Crippen molar-refractivity contribution >= 4 is 22.6 Å². The molecule has 1 N–H and O–H groups in total. The third kappa shape index (κ3) is 4.80. The lowest BCUT2D eigenvalue weighted by atomic mass is 10.1. The highest BCUT2D eigenvalue weighted by Crippen LogP contribution is 2.20. The topological polar surface area (TPSA) is 89.1 Å². The van der Waals surface area contributed by atoms with E-state index < -0.39 is 0 Å². The van der Waals surface area contributed by atoms with Crippen LogP contribution in [0.4, 0.5) is 5.69 Å². The van der Waals surface area contributed by atoms with Gasteiger partial charge in [-0.3, -0.25) is 13.9 Å². The maximum Gasteiger partial charge on any atom is 0.329 e. The number of nitrogens with zero attached hydrogens (tertiary/aromatic N) is 3. The number of imidazole rings is 1. The van der Waals surface area contributed by atoms with Gasteiger partial charge in [0.2, 0.25) is 5.91 Å². The Morgan fingerprint density at radius 2 is 1.64 bits per heavy atom. The van der Waals surface area contributed by atoms with Crippen molar-refractivity contribution in [1.29, 1.82) is 5.26 Å². The molecule has 0 radical (unpaired) electrons. The average Bonchev–Trinajstić information content (AvgIpc) is 3.10. The first kappa shape index (κ1) is 21.9. The summed E-state index contributed by atoms with van der Waals surface area (Å²) in [4.78, 5) is 25.7. The Kier molecular flexibility index (Phi) is 6.56. The van der Waals surface area contributed by atoms with Crippen molar-refractivity contribution in [1.82, 2.24) is 9.13 Å². The van der Waals surface area contributed by atoms with Gasteiger partial charge in [-0.2, -0.15) is 5.26 Å². The van der Waals surface area contributed by atoms with Gasteiger partial charge in [0.15, 0.2) is 0 Å². The zero-order valence-corrected chi connectivity index (χ0v) is 18.3. The molecule has 0 unspecified atom stereocenters. The van der Waals surface area contributed by atoms with Gasteiger partial charge >= 0.3 is 5.69 Å². The molecule has 4 rings (SSSR count). The zero-order chi connectivity index (χ0) is 23.2. The molecule has 0 bridgehead atoms. The molecule has 0 fully saturated rings. The minimum atomic E-state index is -0.288. The monoisotopic (exact) mass is 440 g/mol. The summed E-state index contributed by atoms with van der Waals surface area (Å²) in [5, 5.41) is 11.7. The van der Waals surface area contributed by atoms with Crippen molar-refractivity contribution in [3.8, 4) is 11.8 Å². The summed E-state index contributed by atoms with van der Waals surface area (Å²) in [7, 11) is 0. The fraction of sp³-hybridized carbons (Fsp3) is 0.192. The number of amides is 1. The second-order valence-corrected chi connectivity index (χ2v) is 7.57. The third-order valence-electron chi connectivity index (χ3n) is 5.44. The number of carbonyl (C=O) groups excluding carboxylic acids is 1. The Morgan fingerprint density at radius 1 is 0.970 bits per heavy atom. The summed E-state index contributed by atoms with van der Waals surface area (Å²) in [5.74, 6) is 0.390. The molecule has 0 saturated carbocycles. The summed E-state index contributed by atoms with van der Waals surface area (Å²) in [6, 6.07) is 24.4. The van der Waals surface area contributed by atoms with E-state index in [1.54, 1.807) is 4.57 Å². The summed E-state index contributed by atoms with van der Waals surface area (Å²) in [6.45, 7) is 2.63. The van der Waals surface area contributed by atoms with Crippen molar-refractivity contribution in [2.24, 2.45) is 0 Å². The number of benzene rings is 3. The highest BCUT2D eigenvalue weighted by molar-refractivity contribution is 5.92. The molecular formula is C26H24N4O3. The molecule has 0 aliphatic heterocycles. The highest BCUT2D eigenvalue weighted by atomic mass is 16.5. The Labute approximate surface area is 191 Å². The maximum absolute atomic E-state index is 12.9. The molecule has 0 atom stereocenters. The van der Waals surface area contributed by atoms with Crippen molar-refractivity contribution in [2.45, 2.75) is 33.0 Å². The van der Waals surface area contributed by atoms with Gasteiger partial charge in [0.1, 0.15) is 18.9 Å². The van der Waals surface area contributed by atoms with Gasteiger partial charge in [-0.1, -0.05) is 42.5 Å². The van der Waals surface area contributed by atoms with Crippen LogP contribution in [-0.2, 0) is 30.9 Å². The zero-order valence-electron chi connectivity index (χ0n) is 18.3. The fourth-order valence-corrected chi connectivity index (χ4v) is 3.79. The summed E-state index contributed by atoms with van der Waals surface area (Å²) >= 11 is 0. The standard InChI is InChI=1S/C26H24N4O3/c1-2-29-23-9-5-6-10-24(23)30(26(29)32)17-25(31)28-22-8-4-3-7-20(22)18-33-21-13-11-19(12-14-21)15-16-27/h3-14H,2,15,17-18H2,1H3,(H,28,31). The minimum absolute atomic E-state index is 0.0815. The quantitative estimate of drug-likeness (QED) is 0.447. The molecule has 0 aliphatic carbocycles. The van der Waals surface area contributed by atoms with Crippen molar-refractivity contribution in [3.63, 3.8) is 0 Å². The van der Waals surface area contributed by atoms with Crippen LogP contribution < -0.4 is 15.7 Å². The van der Waals surface area contributed by atoms with Crippen molar-refractivity contribution in [2.75, 3.05) is 5.32 Å². The number of aryl methyl sites for hydroxylation is 1. The van der Waals surface area contributed by atoms with E-state index in [0.29, 0.717) is 24.4 Å². The molecule has 0 aliphatic rings. The van der Waals surface area contributed by atoms with Crippen LogP contribution in [-0.4, -0.2) is 15.0 Å². The second-order valence-electron chi connectivity index (χ2n) is 7.57. The van der Waals surface area contributed by atoms with Gasteiger partial charge in [0.05, 0.1) is 23.5 Å². The van der Waals surface area contributed by atoms with Crippen LogP contribution in [0.2, 0.25) is 0 Å². The lowest BCUT2D eigenvalue weighted by molar-refractivity contribution is -0.116. The molecule has 1 aromatic heterocycles. The smallest absolute Gasteiger partial charge is 0.329 e. The second kappa shape index (κ2) is 9.88. The Balaban J connectivity index is 1.48. The number of para-hydroxylation sites is 3. The minimum Gasteiger partial charge on any atom is -0.489 e. The number of anilines is 1. The van der Waals surface area contributed by atoms with Gasteiger partial charge in [0.25, 0.3) is 0 Å². The van der Waals surface area contributed by atoms with Crippen LogP contribution >= 0.6 is 0 Å². The van der Waals surface area contributed by atoms with E-state index in [9.17, 15) is 9.59 Å². The molecule has 33 heavy (non-hydrogen) atoms. The van der Waals surface area contributed by atoms with Crippen LogP contribution in [0.3, 0.4) is 0 Å². The van der Waals surface area contributed by atoms with Gasteiger partial charge < -0.3 is 10.1 Å². The summed E-state index contributed by atoms with van der Waals surface area (Å²) in [6.07, 6.45) is 0.356. The number of ether oxygens (including phenoxy) is 1. The number of nitrogens with one attached hydrogen (secondary N) is 1. The van der Waals surface area contributed by atoms with Gasteiger partial charge in [-0.25, -0.2) is 4.79 Å². The first-order valence-electron chi connectivity index (χ1n) is 10.7. The van der Waals surface area contributed by atoms with E-state index in [-0.39, 0.29) is 24.7 Å². The Morgan fingerprint density at radius 3 is 2.33 bits per heavy atom. The van der Waals surface area contributed by atoms with Crippen LogP contribution in [0.25, 0.3) is 11.0 Å². The van der Waals surface area contributed by atoms with Crippen molar-refractivity contribution in [3.05, 3.63) is 94.4 Å². The normalized spacial score (nSPS) is 10.7. The highest BCUT2D eigenvalue weighted by Gasteiger charge is 2.15. The molecule has 4 aromatic rings. The van der Waals surface area contributed by atoms with Crippen LogP contribution in [0.1, 0.15) is 18.1 Å². The number of fused-ring (bicyclic) bond motifs is 1. The van der Waals surface area contributed by atoms with Crippen LogP contribution in [0.15, 0.2) is 77.6 Å². The molecule has 7 heteroatoms. The number of nitriles is 1. The van der Waals surface area contributed by atoms with Gasteiger partial charge in [-0.05, 0) is 42.8 Å². The van der Waals surface area contributed by atoms with Crippen molar-refractivity contribution < 1.29 is 9.53 Å². The molecule has 1 amide bonds. The first-order chi connectivity index (χ1) is 16.1. The predicted molar refractivity (Wildman–Crippen MR) is 127 cm³/mol. The largest absolute Gasteiger partial charge is 0.489 e. The SMILES string of the molecule is CCn1c(=O)n(CC(=O)Nc2ccccc2COc2ccc(CC#N)cc2)c2ccccc21. The average molecular weight is 441 g/mol. The molecular weight excluding hydrogens is 416 g/mol. The number of hydrogen-bond donors (Lipinski definition) is 1. The molecule has 1 heterocycles. The van der Waals surface area contributed by atoms with E-state index in [0.717, 1.165) is 22.2 Å². The molecule has 7 nitrogen and oxygen atoms in total. The summed E-state index contributed by atoms with van der Waals surface area (Å²) in [5.41, 5.74) is 3.72. The lowest BCUT2D eigenvalue weighted by Crippen LogP contribution is -2.29. The van der Waals surface area contributed by atoms with Gasteiger partial charge in [0, 0.05) is 17.8 Å². The van der Waals surface area contributed by atoms with Crippen LogP contribution in [0.5, 0.6) is 5.75 Å². The third-order valence-corrected chi connectivity index (χ3v) is 5.44. The Bertz CT molecular complexity index is 1380. The van der Waals surface area contributed by atoms with E-state index in [4.69, 9.17) is 10.00 Å². The number of carbonyl (C=O) groups is 1. The van der Waals surface area contributed by atoms with E-state index in [1.165, 1.54) is 4.57 Å². The molecule has 0 saturated heterocycles.